The summed E-state index contributed by atoms with van der Waals surface area (Å²) >= 11 is 0. The standard InChI is InChI=1S/C15H12F3NO/c1-10-6-2-3-7-11(10)14(20)19-13-9-5-4-8-12(13)15(16,17)18/h2-9H,1H3,(H,19,20). The highest BCUT2D eigenvalue weighted by atomic mass is 19.4. The highest BCUT2D eigenvalue weighted by Gasteiger charge is 2.33. The van der Waals surface area contributed by atoms with Crippen LogP contribution in [0.2, 0.25) is 0 Å². The first-order valence-electron chi connectivity index (χ1n) is 5.93. The van der Waals surface area contributed by atoms with Crippen molar-refractivity contribution in [1.29, 1.82) is 0 Å². The second-order valence-corrected chi connectivity index (χ2v) is 4.31. The minimum absolute atomic E-state index is 0.242. The van der Waals surface area contributed by atoms with Gasteiger partial charge in [0.05, 0.1) is 11.3 Å². The average molecular weight is 279 g/mol. The normalized spacial score (nSPS) is 11.2. The lowest BCUT2D eigenvalue weighted by Gasteiger charge is -2.14. The molecule has 0 saturated carbocycles. The third kappa shape index (κ3) is 2.99. The van der Waals surface area contributed by atoms with E-state index in [0.717, 1.165) is 6.07 Å². The first kappa shape index (κ1) is 14.1. The molecule has 0 saturated heterocycles. The van der Waals surface area contributed by atoms with Crippen LogP contribution < -0.4 is 5.32 Å². The minimum Gasteiger partial charge on any atom is -0.321 e. The number of alkyl halides is 3. The van der Waals surface area contributed by atoms with Gasteiger partial charge in [-0.2, -0.15) is 13.2 Å². The number of carbonyl (C=O) groups is 1. The zero-order chi connectivity index (χ0) is 14.8. The van der Waals surface area contributed by atoms with Crippen molar-refractivity contribution in [3.8, 4) is 0 Å². The van der Waals surface area contributed by atoms with Crippen molar-refractivity contribution in [3.63, 3.8) is 0 Å². The third-order valence-electron chi connectivity index (χ3n) is 2.87. The lowest BCUT2D eigenvalue weighted by molar-refractivity contribution is -0.136. The number of para-hydroxylation sites is 1. The number of hydrogen-bond donors (Lipinski definition) is 1. The monoisotopic (exact) mass is 279 g/mol. The number of amides is 1. The molecule has 2 rings (SSSR count). The van der Waals surface area contributed by atoms with E-state index in [1.54, 1.807) is 31.2 Å². The van der Waals surface area contributed by atoms with Crippen LogP contribution in [-0.4, -0.2) is 5.91 Å². The number of anilines is 1. The van der Waals surface area contributed by atoms with Crippen LogP contribution in [0.4, 0.5) is 18.9 Å². The number of halogens is 3. The summed E-state index contributed by atoms with van der Waals surface area (Å²) in [4.78, 5) is 12.0. The summed E-state index contributed by atoms with van der Waals surface area (Å²) in [5, 5.41) is 2.32. The molecule has 5 heteroatoms. The molecule has 0 aliphatic heterocycles. The first-order chi connectivity index (χ1) is 9.39. The predicted octanol–water partition coefficient (Wildman–Crippen LogP) is 4.27. The molecule has 0 aliphatic carbocycles. The molecule has 1 N–H and O–H groups in total. The fraction of sp³-hybridized carbons (Fsp3) is 0.133. The summed E-state index contributed by atoms with van der Waals surface area (Å²) in [5.74, 6) is -0.556. The third-order valence-corrected chi connectivity index (χ3v) is 2.87. The van der Waals surface area contributed by atoms with Crippen LogP contribution in [0.5, 0.6) is 0 Å². The Kier molecular flexibility index (Phi) is 3.79. The molecule has 0 radical (unpaired) electrons. The summed E-state index contributed by atoms with van der Waals surface area (Å²) in [6.07, 6.45) is -4.50. The summed E-state index contributed by atoms with van der Waals surface area (Å²) in [7, 11) is 0. The Morgan fingerprint density at radius 2 is 1.60 bits per heavy atom. The average Bonchev–Trinajstić information content (AvgIpc) is 2.38. The number of benzene rings is 2. The van der Waals surface area contributed by atoms with Crippen molar-refractivity contribution < 1.29 is 18.0 Å². The summed E-state index contributed by atoms with van der Waals surface area (Å²) in [6, 6.07) is 11.6. The minimum atomic E-state index is -4.50. The SMILES string of the molecule is Cc1ccccc1C(=O)Nc1ccccc1C(F)(F)F. The van der Waals surface area contributed by atoms with Crippen LogP contribution in [0.3, 0.4) is 0 Å². The summed E-state index contributed by atoms with van der Waals surface area (Å²) in [5.41, 5.74) is -0.0471. The molecule has 0 aromatic heterocycles. The van der Waals surface area contributed by atoms with Gasteiger partial charge in [0.25, 0.3) is 5.91 Å². The van der Waals surface area contributed by atoms with Gasteiger partial charge in [0, 0.05) is 5.56 Å². The van der Waals surface area contributed by atoms with Crippen LogP contribution in [0.25, 0.3) is 0 Å². The van der Waals surface area contributed by atoms with Gasteiger partial charge < -0.3 is 5.32 Å². The molecule has 0 atom stereocenters. The second-order valence-electron chi connectivity index (χ2n) is 4.31. The van der Waals surface area contributed by atoms with Gasteiger partial charge in [-0.25, -0.2) is 0 Å². The first-order valence-corrected chi connectivity index (χ1v) is 5.93. The molecule has 2 aromatic carbocycles. The summed E-state index contributed by atoms with van der Waals surface area (Å²) < 4.78 is 38.5. The number of rotatable bonds is 2. The van der Waals surface area contributed by atoms with Gasteiger partial charge in [0.1, 0.15) is 0 Å². The number of hydrogen-bond acceptors (Lipinski definition) is 1. The molecule has 0 fully saturated rings. The molecule has 2 nitrogen and oxygen atoms in total. The topological polar surface area (TPSA) is 29.1 Å². The van der Waals surface area contributed by atoms with Gasteiger partial charge in [-0.3, -0.25) is 4.79 Å². The Hall–Kier alpha value is -2.30. The van der Waals surface area contributed by atoms with E-state index in [1.165, 1.54) is 18.2 Å². The zero-order valence-corrected chi connectivity index (χ0v) is 10.7. The smallest absolute Gasteiger partial charge is 0.321 e. The fourth-order valence-electron chi connectivity index (χ4n) is 1.86. The van der Waals surface area contributed by atoms with E-state index in [4.69, 9.17) is 0 Å². The van der Waals surface area contributed by atoms with Crippen LogP contribution >= 0.6 is 0 Å². The predicted molar refractivity (Wildman–Crippen MR) is 70.6 cm³/mol. The highest BCUT2D eigenvalue weighted by molar-refractivity contribution is 6.05. The maximum Gasteiger partial charge on any atom is 0.418 e. The van der Waals surface area contributed by atoms with Gasteiger partial charge in [-0.15, -0.1) is 0 Å². The van der Waals surface area contributed by atoms with E-state index in [0.29, 0.717) is 11.1 Å². The molecule has 2 aromatic rings. The van der Waals surface area contributed by atoms with E-state index in [-0.39, 0.29) is 5.69 Å². The van der Waals surface area contributed by atoms with Crippen molar-refractivity contribution >= 4 is 11.6 Å². The molecule has 104 valence electrons. The van der Waals surface area contributed by atoms with Crippen LogP contribution in [-0.2, 0) is 6.18 Å². The fourth-order valence-corrected chi connectivity index (χ4v) is 1.86. The Bertz CT molecular complexity index is 635. The Labute approximate surface area is 114 Å². The zero-order valence-electron chi connectivity index (χ0n) is 10.7. The van der Waals surface area contributed by atoms with Gasteiger partial charge in [-0.05, 0) is 30.7 Å². The van der Waals surface area contributed by atoms with Crippen molar-refractivity contribution in [3.05, 3.63) is 65.2 Å². The van der Waals surface area contributed by atoms with Crippen molar-refractivity contribution in [2.45, 2.75) is 13.1 Å². The van der Waals surface area contributed by atoms with Crippen molar-refractivity contribution in [1.82, 2.24) is 0 Å². The largest absolute Gasteiger partial charge is 0.418 e. The molecule has 20 heavy (non-hydrogen) atoms. The van der Waals surface area contributed by atoms with Crippen molar-refractivity contribution in [2.75, 3.05) is 5.32 Å². The van der Waals surface area contributed by atoms with Gasteiger partial charge in [0.15, 0.2) is 0 Å². The molecule has 0 spiro atoms. The lowest BCUT2D eigenvalue weighted by atomic mass is 10.1. The number of nitrogens with one attached hydrogen (secondary N) is 1. The van der Waals surface area contributed by atoms with Crippen molar-refractivity contribution in [2.24, 2.45) is 0 Å². The highest BCUT2D eigenvalue weighted by Crippen LogP contribution is 2.34. The van der Waals surface area contributed by atoms with Crippen LogP contribution in [0.15, 0.2) is 48.5 Å². The molecular formula is C15H12F3NO. The molecule has 0 bridgehead atoms. The van der Waals surface area contributed by atoms with Crippen LogP contribution in [0, 0.1) is 6.92 Å². The number of carbonyl (C=O) groups excluding carboxylic acids is 1. The Morgan fingerprint density at radius 1 is 1.00 bits per heavy atom. The molecule has 0 unspecified atom stereocenters. The second kappa shape index (κ2) is 5.36. The number of aryl methyl sites for hydroxylation is 1. The molecule has 0 aliphatic rings. The van der Waals surface area contributed by atoms with E-state index in [2.05, 4.69) is 5.32 Å². The summed E-state index contributed by atoms with van der Waals surface area (Å²) in [6.45, 7) is 1.73. The lowest BCUT2D eigenvalue weighted by Crippen LogP contribution is -2.17. The van der Waals surface area contributed by atoms with E-state index in [9.17, 15) is 18.0 Å². The van der Waals surface area contributed by atoms with Gasteiger partial charge in [-0.1, -0.05) is 30.3 Å². The van der Waals surface area contributed by atoms with E-state index < -0.39 is 17.6 Å². The quantitative estimate of drug-likeness (QED) is 0.874. The molecule has 1 amide bonds. The van der Waals surface area contributed by atoms with E-state index >= 15 is 0 Å². The van der Waals surface area contributed by atoms with Gasteiger partial charge in [0.2, 0.25) is 0 Å². The van der Waals surface area contributed by atoms with Gasteiger partial charge >= 0.3 is 6.18 Å². The maximum atomic E-state index is 12.8. The van der Waals surface area contributed by atoms with E-state index in [1.807, 2.05) is 0 Å². The molecule has 0 heterocycles. The molecular weight excluding hydrogens is 267 g/mol. The van der Waals surface area contributed by atoms with Crippen LogP contribution in [0.1, 0.15) is 21.5 Å². The Balaban J connectivity index is 2.32. The maximum absolute atomic E-state index is 12.8. The Morgan fingerprint density at radius 3 is 2.25 bits per heavy atom.